The van der Waals surface area contributed by atoms with Crippen LogP contribution in [0.25, 0.3) is 0 Å². The molecule has 2 aromatic rings. The molecule has 33 heavy (non-hydrogen) atoms. The van der Waals surface area contributed by atoms with Crippen LogP contribution >= 0.6 is 24.0 Å². The lowest BCUT2D eigenvalue weighted by Crippen LogP contribution is -2.52. The van der Waals surface area contributed by atoms with E-state index in [1.807, 2.05) is 42.5 Å². The summed E-state index contributed by atoms with van der Waals surface area (Å²) < 4.78 is 5.46. The number of benzene rings is 2. The molecule has 8 nitrogen and oxygen atoms in total. The molecular formula is C24H32IN5O3. The number of carbonyl (C=O) groups excluding carboxylic acids is 1. The molecule has 2 saturated heterocycles. The van der Waals surface area contributed by atoms with Crippen LogP contribution in [-0.2, 0) is 16.1 Å². The fourth-order valence-corrected chi connectivity index (χ4v) is 4.17. The van der Waals surface area contributed by atoms with Gasteiger partial charge in [0.05, 0.1) is 5.69 Å². The maximum absolute atomic E-state index is 12.3. The van der Waals surface area contributed by atoms with Gasteiger partial charge in [0.25, 0.3) is 5.91 Å². The van der Waals surface area contributed by atoms with Gasteiger partial charge in [-0.3, -0.25) is 9.79 Å². The number of guanidine groups is 1. The van der Waals surface area contributed by atoms with Gasteiger partial charge in [0, 0.05) is 52.1 Å². The second kappa shape index (κ2) is 12.1. The minimum atomic E-state index is -0.341. The van der Waals surface area contributed by atoms with Gasteiger partial charge in [-0.25, -0.2) is 0 Å². The van der Waals surface area contributed by atoms with E-state index in [1.165, 1.54) is 0 Å². The van der Waals surface area contributed by atoms with Crippen LogP contribution in [0.3, 0.4) is 0 Å². The van der Waals surface area contributed by atoms with Crippen molar-refractivity contribution in [1.82, 2.24) is 10.2 Å². The molecule has 1 atom stereocenters. The molecule has 0 saturated carbocycles. The Morgan fingerprint density at radius 3 is 2.64 bits per heavy atom. The fraction of sp³-hybridized carbons (Fsp3) is 0.417. The maximum atomic E-state index is 12.3. The van der Waals surface area contributed by atoms with Crippen LogP contribution < -0.4 is 15.5 Å². The van der Waals surface area contributed by atoms with Crippen molar-refractivity contribution in [1.29, 1.82) is 0 Å². The number of nitrogens with zero attached hydrogens (tertiary/aromatic N) is 3. The SMILES string of the molecule is CN=C(NCc1cccc(NC(=O)C2CCCO2)c1)N1CCN(c2ccccc2O)CC1.I. The zero-order valence-electron chi connectivity index (χ0n) is 18.9. The van der Waals surface area contributed by atoms with Gasteiger partial charge in [0.2, 0.25) is 0 Å². The molecule has 1 amide bonds. The van der Waals surface area contributed by atoms with Crippen LogP contribution in [0.15, 0.2) is 53.5 Å². The Balaban J connectivity index is 0.00000306. The summed E-state index contributed by atoms with van der Waals surface area (Å²) in [4.78, 5) is 21.2. The number of carbonyl (C=O) groups is 1. The molecule has 2 aliphatic heterocycles. The number of hydrogen-bond donors (Lipinski definition) is 3. The average Bonchev–Trinajstić information content (AvgIpc) is 3.36. The fourth-order valence-electron chi connectivity index (χ4n) is 4.17. The number of hydrogen-bond acceptors (Lipinski definition) is 5. The standard InChI is InChI=1S/C24H31N5O3.HI/c1-25-24(29-13-11-28(12-14-29)20-8-2-3-9-21(20)30)26-17-18-6-4-7-19(16-18)27-23(31)22-10-5-15-32-22;/h2-4,6-9,16,22,30H,5,10-15,17H2,1H3,(H,25,26)(H,27,31);1H. The summed E-state index contributed by atoms with van der Waals surface area (Å²) in [6, 6.07) is 15.3. The van der Waals surface area contributed by atoms with Crippen molar-refractivity contribution in [2.24, 2.45) is 4.99 Å². The number of nitrogens with one attached hydrogen (secondary N) is 2. The highest BCUT2D eigenvalue weighted by Crippen LogP contribution is 2.27. The molecule has 0 aromatic heterocycles. The summed E-state index contributed by atoms with van der Waals surface area (Å²) in [6.45, 7) is 4.50. The summed E-state index contributed by atoms with van der Waals surface area (Å²) in [5.41, 5.74) is 2.71. The van der Waals surface area contributed by atoms with Crippen LogP contribution in [0.2, 0.25) is 0 Å². The van der Waals surface area contributed by atoms with Crippen molar-refractivity contribution in [2.45, 2.75) is 25.5 Å². The van der Waals surface area contributed by atoms with E-state index in [2.05, 4.69) is 25.4 Å². The number of halogens is 1. The molecule has 9 heteroatoms. The lowest BCUT2D eigenvalue weighted by molar-refractivity contribution is -0.124. The summed E-state index contributed by atoms with van der Waals surface area (Å²) in [5, 5.41) is 16.5. The van der Waals surface area contributed by atoms with Crippen molar-refractivity contribution >= 4 is 47.2 Å². The molecule has 2 aromatic carbocycles. The summed E-state index contributed by atoms with van der Waals surface area (Å²) in [7, 11) is 1.79. The van der Waals surface area contributed by atoms with E-state index in [1.54, 1.807) is 13.1 Å². The first-order valence-electron chi connectivity index (χ1n) is 11.1. The summed E-state index contributed by atoms with van der Waals surface area (Å²) >= 11 is 0. The number of ether oxygens (including phenoxy) is 1. The highest BCUT2D eigenvalue weighted by molar-refractivity contribution is 14.0. The maximum Gasteiger partial charge on any atom is 0.253 e. The molecule has 0 spiro atoms. The van der Waals surface area contributed by atoms with Gasteiger partial charge in [-0.15, -0.1) is 24.0 Å². The second-order valence-corrected chi connectivity index (χ2v) is 8.05. The third-order valence-electron chi connectivity index (χ3n) is 5.88. The number of piperazine rings is 1. The van der Waals surface area contributed by atoms with Crippen molar-refractivity contribution in [3.8, 4) is 5.75 Å². The minimum Gasteiger partial charge on any atom is -0.506 e. The van der Waals surface area contributed by atoms with E-state index in [-0.39, 0.29) is 36.0 Å². The highest BCUT2D eigenvalue weighted by atomic mass is 127. The number of aromatic hydroxyl groups is 1. The Hall–Kier alpha value is -2.53. The average molecular weight is 565 g/mol. The van der Waals surface area contributed by atoms with Crippen molar-refractivity contribution in [3.05, 3.63) is 54.1 Å². The van der Waals surface area contributed by atoms with Crippen molar-refractivity contribution < 1.29 is 14.6 Å². The summed E-state index contributed by atoms with van der Waals surface area (Å²) in [5.74, 6) is 1.08. The lowest BCUT2D eigenvalue weighted by Gasteiger charge is -2.37. The van der Waals surface area contributed by atoms with Crippen LogP contribution in [0.5, 0.6) is 5.75 Å². The van der Waals surface area contributed by atoms with E-state index < -0.39 is 0 Å². The summed E-state index contributed by atoms with van der Waals surface area (Å²) in [6.07, 6.45) is 1.37. The number of para-hydroxylation sites is 2. The molecule has 3 N–H and O–H groups in total. The largest absolute Gasteiger partial charge is 0.506 e. The molecule has 2 heterocycles. The van der Waals surface area contributed by atoms with Gasteiger partial charge >= 0.3 is 0 Å². The topological polar surface area (TPSA) is 89.4 Å². The minimum absolute atomic E-state index is 0. The van der Waals surface area contributed by atoms with Crippen LogP contribution in [-0.4, -0.2) is 67.8 Å². The second-order valence-electron chi connectivity index (χ2n) is 8.05. The zero-order chi connectivity index (χ0) is 22.3. The highest BCUT2D eigenvalue weighted by Gasteiger charge is 2.24. The van der Waals surface area contributed by atoms with Gasteiger partial charge in [-0.1, -0.05) is 24.3 Å². The first kappa shape index (κ1) is 25.1. The number of phenolic OH excluding ortho intramolecular Hbond substituents is 1. The predicted molar refractivity (Wildman–Crippen MR) is 142 cm³/mol. The third kappa shape index (κ3) is 6.50. The lowest BCUT2D eigenvalue weighted by atomic mass is 10.2. The number of aliphatic imine (C=N–C) groups is 1. The van der Waals surface area contributed by atoms with Gasteiger partial charge in [0.1, 0.15) is 11.9 Å². The van der Waals surface area contributed by atoms with Gasteiger partial charge < -0.3 is 30.3 Å². The van der Waals surface area contributed by atoms with Gasteiger partial charge in [-0.2, -0.15) is 0 Å². The Labute approximate surface area is 212 Å². The van der Waals surface area contributed by atoms with Crippen LogP contribution in [0.4, 0.5) is 11.4 Å². The zero-order valence-corrected chi connectivity index (χ0v) is 21.2. The molecular weight excluding hydrogens is 533 g/mol. The Morgan fingerprint density at radius 2 is 1.94 bits per heavy atom. The number of amides is 1. The Kier molecular flexibility index (Phi) is 9.19. The third-order valence-corrected chi connectivity index (χ3v) is 5.88. The van der Waals surface area contributed by atoms with E-state index in [9.17, 15) is 9.90 Å². The number of rotatable bonds is 5. The number of phenols is 1. The predicted octanol–water partition coefficient (Wildman–Crippen LogP) is 3.03. The van der Waals surface area contributed by atoms with Gasteiger partial charge in [0.15, 0.2) is 5.96 Å². The van der Waals surface area contributed by atoms with E-state index in [0.29, 0.717) is 18.9 Å². The molecule has 1 unspecified atom stereocenters. The number of anilines is 2. The van der Waals surface area contributed by atoms with E-state index in [4.69, 9.17) is 4.74 Å². The quantitative estimate of drug-likeness (QED) is 0.294. The van der Waals surface area contributed by atoms with Gasteiger partial charge in [-0.05, 0) is 42.7 Å². The smallest absolute Gasteiger partial charge is 0.253 e. The normalized spacial score (nSPS) is 18.6. The molecule has 2 aliphatic rings. The van der Waals surface area contributed by atoms with E-state index in [0.717, 1.165) is 61.9 Å². The molecule has 4 rings (SSSR count). The molecule has 0 aliphatic carbocycles. The molecule has 0 bridgehead atoms. The Morgan fingerprint density at radius 1 is 1.15 bits per heavy atom. The Bertz CT molecular complexity index is 957. The van der Waals surface area contributed by atoms with Crippen molar-refractivity contribution in [3.63, 3.8) is 0 Å². The molecule has 2 fully saturated rings. The molecule has 178 valence electrons. The monoisotopic (exact) mass is 565 g/mol. The van der Waals surface area contributed by atoms with E-state index >= 15 is 0 Å². The first-order valence-corrected chi connectivity index (χ1v) is 11.1. The van der Waals surface area contributed by atoms with Crippen LogP contribution in [0, 0.1) is 0 Å². The molecule has 0 radical (unpaired) electrons. The van der Waals surface area contributed by atoms with Crippen LogP contribution in [0.1, 0.15) is 18.4 Å². The van der Waals surface area contributed by atoms with Crippen molar-refractivity contribution in [2.75, 3.05) is 50.1 Å². The first-order chi connectivity index (χ1) is 15.6.